The highest BCUT2D eigenvalue weighted by Crippen LogP contribution is 2.19. The van der Waals surface area contributed by atoms with Crippen molar-refractivity contribution in [1.29, 1.82) is 0 Å². The summed E-state index contributed by atoms with van der Waals surface area (Å²) in [6.07, 6.45) is 1.59. The average molecular weight is 285 g/mol. The second-order valence-corrected chi connectivity index (χ2v) is 4.75. The molecule has 0 fully saturated rings. The van der Waals surface area contributed by atoms with Crippen molar-refractivity contribution in [3.8, 4) is 0 Å². The first-order valence-electron chi connectivity index (χ1n) is 5.85. The van der Waals surface area contributed by atoms with Gasteiger partial charge in [0.25, 0.3) is 0 Å². The zero-order chi connectivity index (χ0) is 14.1. The van der Waals surface area contributed by atoms with E-state index in [2.05, 4.69) is 32.1 Å². The maximum atomic E-state index is 5.32. The van der Waals surface area contributed by atoms with Crippen LogP contribution in [0.5, 0.6) is 0 Å². The standard InChI is InChI=1S/C12H11N7S/c1-7-2-3-10-8(4-7)5-9(6-14-16-12(13)20)11-15-17-18-19(10)11/h2-6H,1H3,(H3,13,16,20). The maximum Gasteiger partial charge on any atom is 0.188 e. The van der Waals surface area contributed by atoms with Gasteiger partial charge in [0, 0.05) is 10.9 Å². The molecular weight excluding hydrogens is 274 g/mol. The Morgan fingerprint density at radius 1 is 1.45 bits per heavy atom. The molecule has 0 aliphatic heterocycles. The van der Waals surface area contributed by atoms with E-state index in [0.29, 0.717) is 5.65 Å². The molecule has 0 amide bonds. The van der Waals surface area contributed by atoms with Crippen LogP contribution in [-0.2, 0) is 0 Å². The number of nitrogens with zero attached hydrogens (tertiary/aromatic N) is 5. The van der Waals surface area contributed by atoms with Gasteiger partial charge in [0.1, 0.15) is 0 Å². The number of hydrogen-bond donors (Lipinski definition) is 2. The topological polar surface area (TPSA) is 93.5 Å². The van der Waals surface area contributed by atoms with Crippen LogP contribution in [0.2, 0.25) is 0 Å². The van der Waals surface area contributed by atoms with Crippen LogP contribution in [0, 0.1) is 6.92 Å². The lowest BCUT2D eigenvalue weighted by molar-refractivity contribution is 0.841. The lowest BCUT2D eigenvalue weighted by atomic mass is 10.1. The Kier molecular flexibility index (Phi) is 2.99. The number of benzene rings is 1. The van der Waals surface area contributed by atoms with Gasteiger partial charge < -0.3 is 5.73 Å². The van der Waals surface area contributed by atoms with Gasteiger partial charge in [-0.2, -0.15) is 9.62 Å². The molecule has 1 aromatic carbocycles. The number of aromatic nitrogens is 4. The van der Waals surface area contributed by atoms with E-state index < -0.39 is 0 Å². The highest BCUT2D eigenvalue weighted by atomic mass is 32.1. The van der Waals surface area contributed by atoms with Crippen molar-refractivity contribution in [2.45, 2.75) is 6.92 Å². The molecule has 0 atom stereocenters. The zero-order valence-electron chi connectivity index (χ0n) is 10.6. The van der Waals surface area contributed by atoms with Gasteiger partial charge in [-0.05, 0) is 47.8 Å². The minimum absolute atomic E-state index is 0.105. The fourth-order valence-corrected chi connectivity index (χ4v) is 2.06. The van der Waals surface area contributed by atoms with E-state index in [4.69, 9.17) is 18.0 Å². The number of pyridine rings is 1. The maximum absolute atomic E-state index is 5.32. The minimum Gasteiger partial charge on any atom is -0.375 e. The Morgan fingerprint density at radius 2 is 2.30 bits per heavy atom. The van der Waals surface area contributed by atoms with Crippen molar-refractivity contribution in [1.82, 2.24) is 25.5 Å². The van der Waals surface area contributed by atoms with E-state index in [1.54, 1.807) is 10.7 Å². The highest BCUT2D eigenvalue weighted by Gasteiger charge is 2.08. The second-order valence-electron chi connectivity index (χ2n) is 4.31. The average Bonchev–Trinajstić information content (AvgIpc) is 2.87. The summed E-state index contributed by atoms with van der Waals surface area (Å²) >= 11 is 4.69. The molecular formula is C12H11N7S. The Balaban J connectivity index is 2.21. The number of tetrazole rings is 1. The summed E-state index contributed by atoms with van der Waals surface area (Å²) in [6, 6.07) is 8.04. The molecule has 0 bridgehead atoms. The molecule has 0 saturated carbocycles. The molecule has 2 aromatic heterocycles. The number of aryl methyl sites for hydroxylation is 1. The molecule has 0 radical (unpaired) electrons. The molecule has 8 heteroatoms. The second kappa shape index (κ2) is 4.82. The lowest BCUT2D eigenvalue weighted by Gasteiger charge is -2.04. The van der Waals surface area contributed by atoms with Crippen LogP contribution in [0.25, 0.3) is 16.6 Å². The van der Waals surface area contributed by atoms with E-state index in [0.717, 1.165) is 22.0 Å². The normalized spacial score (nSPS) is 11.4. The first-order chi connectivity index (χ1) is 9.65. The molecule has 3 aromatic rings. The lowest BCUT2D eigenvalue weighted by Crippen LogP contribution is -2.24. The number of fused-ring (bicyclic) bond motifs is 3. The van der Waals surface area contributed by atoms with Gasteiger partial charge in [0.05, 0.1) is 11.7 Å². The molecule has 7 nitrogen and oxygen atoms in total. The summed E-state index contributed by atoms with van der Waals surface area (Å²) in [7, 11) is 0. The third-order valence-electron chi connectivity index (χ3n) is 2.83. The number of hydrogen-bond acceptors (Lipinski definition) is 5. The van der Waals surface area contributed by atoms with Gasteiger partial charge >= 0.3 is 0 Å². The van der Waals surface area contributed by atoms with Crippen molar-refractivity contribution in [2.24, 2.45) is 10.8 Å². The predicted molar refractivity (Wildman–Crippen MR) is 80.5 cm³/mol. The van der Waals surface area contributed by atoms with Crippen LogP contribution in [0.15, 0.2) is 29.4 Å². The summed E-state index contributed by atoms with van der Waals surface area (Å²) in [4.78, 5) is 0. The third kappa shape index (κ3) is 2.16. The SMILES string of the molecule is Cc1ccc2c(c1)cc(C=NNC(N)=S)c1nnnn12. The fraction of sp³-hybridized carbons (Fsp3) is 0.0833. The smallest absolute Gasteiger partial charge is 0.188 e. The summed E-state index contributed by atoms with van der Waals surface area (Å²) < 4.78 is 1.68. The highest BCUT2D eigenvalue weighted by molar-refractivity contribution is 7.80. The van der Waals surface area contributed by atoms with Crippen molar-refractivity contribution in [3.63, 3.8) is 0 Å². The molecule has 0 unspecified atom stereocenters. The third-order valence-corrected chi connectivity index (χ3v) is 2.92. The molecule has 20 heavy (non-hydrogen) atoms. The van der Waals surface area contributed by atoms with Crippen LogP contribution in [-0.4, -0.2) is 31.4 Å². The largest absolute Gasteiger partial charge is 0.375 e. The van der Waals surface area contributed by atoms with E-state index in [9.17, 15) is 0 Å². The molecule has 0 spiro atoms. The van der Waals surface area contributed by atoms with Gasteiger partial charge in [-0.25, -0.2) is 0 Å². The fourth-order valence-electron chi connectivity index (χ4n) is 2.00. The Hall–Kier alpha value is -2.61. The van der Waals surface area contributed by atoms with Crippen molar-refractivity contribution in [3.05, 3.63) is 35.4 Å². The Bertz CT molecular complexity index is 836. The molecule has 3 rings (SSSR count). The van der Waals surface area contributed by atoms with E-state index in [1.165, 1.54) is 0 Å². The summed E-state index contributed by atoms with van der Waals surface area (Å²) in [5.41, 5.74) is 11.3. The van der Waals surface area contributed by atoms with Gasteiger partial charge in [0.2, 0.25) is 0 Å². The summed E-state index contributed by atoms with van der Waals surface area (Å²) in [5, 5.41) is 16.8. The van der Waals surface area contributed by atoms with Crippen molar-refractivity contribution < 1.29 is 0 Å². The molecule has 0 aliphatic rings. The zero-order valence-corrected chi connectivity index (χ0v) is 11.4. The molecule has 3 N–H and O–H groups in total. The van der Waals surface area contributed by atoms with Gasteiger partial charge in [-0.3, -0.25) is 5.43 Å². The van der Waals surface area contributed by atoms with Crippen LogP contribution >= 0.6 is 12.2 Å². The first-order valence-corrected chi connectivity index (χ1v) is 6.26. The quantitative estimate of drug-likeness (QED) is 0.410. The van der Waals surface area contributed by atoms with Crippen molar-refractivity contribution >= 4 is 40.1 Å². The van der Waals surface area contributed by atoms with Crippen LogP contribution in [0.3, 0.4) is 0 Å². The number of nitrogens with two attached hydrogens (primary N) is 1. The Morgan fingerprint density at radius 3 is 3.10 bits per heavy atom. The Labute approximate surface area is 119 Å². The minimum atomic E-state index is 0.105. The van der Waals surface area contributed by atoms with E-state index >= 15 is 0 Å². The summed E-state index contributed by atoms with van der Waals surface area (Å²) in [6.45, 7) is 2.03. The van der Waals surface area contributed by atoms with Crippen molar-refractivity contribution in [2.75, 3.05) is 0 Å². The monoisotopic (exact) mass is 285 g/mol. The van der Waals surface area contributed by atoms with Gasteiger partial charge in [0.15, 0.2) is 10.8 Å². The number of nitrogens with one attached hydrogen (secondary N) is 1. The molecule has 0 aliphatic carbocycles. The van der Waals surface area contributed by atoms with Gasteiger partial charge in [-0.1, -0.05) is 11.6 Å². The van der Waals surface area contributed by atoms with Crippen LogP contribution < -0.4 is 11.2 Å². The first kappa shape index (κ1) is 12.4. The van der Waals surface area contributed by atoms with E-state index in [-0.39, 0.29) is 5.11 Å². The summed E-state index contributed by atoms with van der Waals surface area (Å²) in [5.74, 6) is 0. The molecule has 100 valence electrons. The van der Waals surface area contributed by atoms with Gasteiger partial charge in [-0.15, -0.1) is 5.10 Å². The molecule has 0 saturated heterocycles. The van der Waals surface area contributed by atoms with E-state index in [1.807, 2.05) is 25.1 Å². The number of rotatable bonds is 2. The number of thiocarbonyl (C=S) groups is 1. The van der Waals surface area contributed by atoms with Crippen LogP contribution in [0.1, 0.15) is 11.1 Å². The number of hydrazone groups is 1. The predicted octanol–water partition coefficient (Wildman–Crippen LogP) is 0.753. The molecule has 2 heterocycles. The van der Waals surface area contributed by atoms with Crippen LogP contribution in [0.4, 0.5) is 0 Å².